The molecule has 0 saturated heterocycles. The Hall–Kier alpha value is -1.85. The van der Waals surface area contributed by atoms with Gasteiger partial charge in [-0.05, 0) is 48.2 Å². The zero-order valence-corrected chi connectivity index (χ0v) is 13.5. The summed E-state index contributed by atoms with van der Waals surface area (Å²) in [5.41, 5.74) is 1.10. The highest BCUT2D eigenvalue weighted by Gasteiger charge is 2.16. The van der Waals surface area contributed by atoms with Gasteiger partial charge in [0.05, 0.1) is 23.5 Å². The minimum absolute atomic E-state index is 0.608. The van der Waals surface area contributed by atoms with Gasteiger partial charge in [0.15, 0.2) is 0 Å². The summed E-state index contributed by atoms with van der Waals surface area (Å²) < 4.78 is 10.9. The van der Waals surface area contributed by atoms with E-state index in [2.05, 4.69) is 16.4 Å². The number of benzene rings is 1. The summed E-state index contributed by atoms with van der Waals surface area (Å²) in [4.78, 5) is 6.86. The van der Waals surface area contributed by atoms with Crippen LogP contribution in [0.1, 0.15) is 6.92 Å². The van der Waals surface area contributed by atoms with Gasteiger partial charge >= 0.3 is 0 Å². The van der Waals surface area contributed by atoms with Crippen LogP contribution in [0.3, 0.4) is 0 Å². The predicted octanol–water partition coefficient (Wildman–Crippen LogP) is 4.95. The molecule has 0 saturated carbocycles. The first-order valence-corrected chi connectivity index (χ1v) is 8.33. The van der Waals surface area contributed by atoms with Crippen LogP contribution in [0, 0.1) is 0 Å². The summed E-state index contributed by atoms with van der Waals surface area (Å²) in [6, 6.07) is 12.1. The number of thiazole rings is 1. The molecule has 0 amide bonds. The molecule has 3 rings (SSSR count). The van der Waals surface area contributed by atoms with E-state index in [0.29, 0.717) is 12.5 Å². The van der Waals surface area contributed by atoms with Crippen LogP contribution in [0.15, 0.2) is 41.8 Å². The van der Waals surface area contributed by atoms with Gasteiger partial charge in [0.1, 0.15) is 10.8 Å². The fourth-order valence-corrected chi connectivity index (χ4v) is 3.78. The van der Waals surface area contributed by atoms with Crippen molar-refractivity contribution in [1.29, 1.82) is 0 Å². The van der Waals surface area contributed by atoms with Crippen molar-refractivity contribution in [2.45, 2.75) is 6.92 Å². The number of methoxy groups -OCH3 is 1. The molecular formula is C16H15NO2S2. The van der Waals surface area contributed by atoms with Gasteiger partial charge in [0.25, 0.3) is 0 Å². The third kappa shape index (κ3) is 2.94. The molecule has 0 aliphatic carbocycles. The molecule has 3 aromatic rings. The topological polar surface area (TPSA) is 31.4 Å². The Morgan fingerprint density at radius 3 is 2.57 bits per heavy atom. The Balaban J connectivity index is 2.02. The van der Waals surface area contributed by atoms with Crippen LogP contribution in [0.4, 0.5) is 0 Å². The van der Waals surface area contributed by atoms with E-state index in [4.69, 9.17) is 9.47 Å². The highest BCUT2D eigenvalue weighted by Crippen LogP contribution is 2.41. The first kappa shape index (κ1) is 14.1. The standard InChI is InChI=1S/C16H15NO2S2/c1-3-19-15-14(11-6-8-12(18-2)9-7-11)21-16(17-15)13-5-4-10-20-13/h4-10H,3H2,1-2H3. The first-order chi connectivity index (χ1) is 10.3. The molecule has 21 heavy (non-hydrogen) atoms. The summed E-state index contributed by atoms with van der Waals surface area (Å²) in [7, 11) is 1.67. The second-order valence-electron chi connectivity index (χ2n) is 4.29. The molecule has 108 valence electrons. The smallest absolute Gasteiger partial charge is 0.233 e. The molecule has 5 heteroatoms. The lowest BCUT2D eigenvalue weighted by molar-refractivity contribution is 0.330. The Kier molecular flexibility index (Phi) is 4.22. The molecule has 0 aliphatic rings. The molecular weight excluding hydrogens is 302 g/mol. The molecule has 0 N–H and O–H groups in total. The molecule has 0 spiro atoms. The minimum atomic E-state index is 0.608. The van der Waals surface area contributed by atoms with E-state index in [0.717, 1.165) is 21.2 Å². The van der Waals surface area contributed by atoms with Crippen molar-refractivity contribution in [3.8, 4) is 32.0 Å². The van der Waals surface area contributed by atoms with E-state index in [-0.39, 0.29) is 0 Å². The van der Waals surface area contributed by atoms with E-state index < -0.39 is 0 Å². The van der Waals surface area contributed by atoms with Crippen LogP contribution in [0.25, 0.3) is 20.3 Å². The Morgan fingerprint density at radius 1 is 1.14 bits per heavy atom. The average Bonchev–Trinajstić information content (AvgIpc) is 3.17. The Labute approximate surface area is 131 Å². The number of hydrogen-bond donors (Lipinski definition) is 0. The van der Waals surface area contributed by atoms with E-state index in [1.165, 1.54) is 4.88 Å². The van der Waals surface area contributed by atoms with Gasteiger partial charge < -0.3 is 9.47 Å². The Morgan fingerprint density at radius 2 is 1.95 bits per heavy atom. The molecule has 1 aromatic carbocycles. The van der Waals surface area contributed by atoms with Gasteiger partial charge in [-0.1, -0.05) is 6.07 Å². The lowest BCUT2D eigenvalue weighted by Crippen LogP contribution is -1.93. The van der Waals surface area contributed by atoms with Crippen molar-refractivity contribution in [2.24, 2.45) is 0 Å². The van der Waals surface area contributed by atoms with E-state index in [1.54, 1.807) is 29.8 Å². The van der Waals surface area contributed by atoms with E-state index in [1.807, 2.05) is 37.3 Å². The molecule has 0 bridgehead atoms. The second kappa shape index (κ2) is 6.28. The molecule has 0 radical (unpaired) electrons. The van der Waals surface area contributed by atoms with Crippen molar-refractivity contribution in [3.05, 3.63) is 41.8 Å². The molecule has 2 aromatic heterocycles. The minimum Gasteiger partial charge on any atom is -0.497 e. The lowest BCUT2D eigenvalue weighted by Gasteiger charge is -2.04. The van der Waals surface area contributed by atoms with Crippen molar-refractivity contribution in [3.63, 3.8) is 0 Å². The Bertz CT molecular complexity index is 702. The van der Waals surface area contributed by atoms with Crippen molar-refractivity contribution in [1.82, 2.24) is 4.98 Å². The monoisotopic (exact) mass is 317 g/mol. The maximum absolute atomic E-state index is 5.70. The number of nitrogens with zero attached hydrogens (tertiary/aromatic N) is 1. The molecule has 0 unspecified atom stereocenters. The van der Waals surface area contributed by atoms with Gasteiger partial charge in [-0.25, -0.2) is 4.98 Å². The fraction of sp³-hybridized carbons (Fsp3) is 0.188. The van der Waals surface area contributed by atoms with Gasteiger partial charge in [0, 0.05) is 0 Å². The number of hydrogen-bond acceptors (Lipinski definition) is 5. The number of ether oxygens (including phenoxy) is 2. The average molecular weight is 317 g/mol. The summed E-state index contributed by atoms with van der Waals surface area (Å²) in [5, 5.41) is 3.06. The first-order valence-electron chi connectivity index (χ1n) is 6.63. The number of aromatic nitrogens is 1. The third-order valence-electron chi connectivity index (χ3n) is 2.96. The van der Waals surface area contributed by atoms with Crippen LogP contribution in [-0.2, 0) is 0 Å². The lowest BCUT2D eigenvalue weighted by atomic mass is 10.2. The molecule has 0 aliphatic heterocycles. The van der Waals surface area contributed by atoms with Crippen molar-refractivity contribution in [2.75, 3.05) is 13.7 Å². The maximum Gasteiger partial charge on any atom is 0.233 e. The largest absolute Gasteiger partial charge is 0.497 e. The van der Waals surface area contributed by atoms with Crippen molar-refractivity contribution < 1.29 is 9.47 Å². The normalized spacial score (nSPS) is 10.6. The van der Waals surface area contributed by atoms with Crippen LogP contribution < -0.4 is 9.47 Å². The number of rotatable bonds is 5. The maximum atomic E-state index is 5.70. The third-order valence-corrected chi connectivity index (χ3v) is 5.09. The van der Waals surface area contributed by atoms with Crippen LogP contribution in [-0.4, -0.2) is 18.7 Å². The van der Waals surface area contributed by atoms with Gasteiger partial charge in [-0.3, -0.25) is 0 Å². The second-order valence-corrected chi connectivity index (χ2v) is 6.24. The fourth-order valence-electron chi connectivity index (χ4n) is 1.97. The van der Waals surface area contributed by atoms with Gasteiger partial charge in [-0.2, -0.15) is 0 Å². The molecule has 0 atom stereocenters. The van der Waals surface area contributed by atoms with E-state index in [9.17, 15) is 0 Å². The highest BCUT2D eigenvalue weighted by molar-refractivity contribution is 7.23. The summed E-state index contributed by atoms with van der Waals surface area (Å²) in [6.45, 7) is 2.58. The SMILES string of the molecule is CCOc1nc(-c2cccs2)sc1-c1ccc(OC)cc1. The van der Waals surface area contributed by atoms with E-state index >= 15 is 0 Å². The quantitative estimate of drug-likeness (QED) is 0.667. The zero-order valence-electron chi connectivity index (χ0n) is 11.8. The van der Waals surface area contributed by atoms with Crippen molar-refractivity contribution >= 4 is 22.7 Å². The van der Waals surface area contributed by atoms with Crippen LogP contribution >= 0.6 is 22.7 Å². The molecule has 0 fully saturated rings. The van der Waals surface area contributed by atoms with Crippen LogP contribution in [0.5, 0.6) is 11.6 Å². The molecule has 3 nitrogen and oxygen atoms in total. The summed E-state index contributed by atoms with van der Waals surface area (Å²) >= 11 is 3.35. The van der Waals surface area contributed by atoms with Gasteiger partial charge in [0.2, 0.25) is 5.88 Å². The summed E-state index contributed by atoms with van der Waals surface area (Å²) in [5.74, 6) is 1.55. The highest BCUT2D eigenvalue weighted by atomic mass is 32.1. The number of thiophene rings is 1. The zero-order chi connectivity index (χ0) is 14.7. The molecule has 2 heterocycles. The summed E-state index contributed by atoms with van der Waals surface area (Å²) in [6.07, 6.45) is 0. The predicted molar refractivity (Wildman–Crippen MR) is 88.6 cm³/mol. The van der Waals surface area contributed by atoms with Crippen LogP contribution in [0.2, 0.25) is 0 Å². The van der Waals surface area contributed by atoms with Gasteiger partial charge in [-0.15, -0.1) is 22.7 Å².